The Labute approximate surface area is 224 Å². The van der Waals surface area contributed by atoms with Crippen molar-refractivity contribution in [3.63, 3.8) is 0 Å². The second-order valence-electron chi connectivity index (χ2n) is 8.75. The lowest BCUT2D eigenvalue weighted by molar-refractivity contribution is -0.305. The standard InChI is InChI=1S/C28H29F3N2O6/c1-17-24(34-2)25(35-3)26(36-4)27(37-17)39-32-16-18-8-10-19(11-9-18)22-6-5-7-23(33-22)20-12-14-21(15-13-20)38-28(29,30)31/h5-17,24-27H,1-4H3/b32-16+/t17-,24-,25+,26+,27-/m0/s1. The molecular formula is C28H29F3N2O6. The highest BCUT2D eigenvalue weighted by Crippen LogP contribution is 2.29. The van der Waals surface area contributed by atoms with E-state index in [1.165, 1.54) is 24.3 Å². The lowest BCUT2D eigenvalue weighted by atomic mass is 9.99. The van der Waals surface area contributed by atoms with Crippen molar-refractivity contribution in [1.29, 1.82) is 0 Å². The summed E-state index contributed by atoms with van der Waals surface area (Å²) < 4.78 is 63.7. The van der Waals surface area contributed by atoms with Gasteiger partial charge in [0.25, 0.3) is 6.29 Å². The van der Waals surface area contributed by atoms with Crippen molar-refractivity contribution in [2.75, 3.05) is 21.3 Å². The topological polar surface area (TPSA) is 80.6 Å². The van der Waals surface area contributed by atoms with Gasteiger partial charge < -0.3 is 28.5 Å². The van der Waals surface area contributed by atoms with Crippen LogP contribution < -0.4 is 4.74 Å². The van der Waals surface area contributed by atoms with Crippen molar-refractivity contribution in [3.8, 4) is 28.3 Å². The summed E-state index contributed by atoms with van der Waals surface area (Å²) >= 11 is 0. The summed E-state index contributed by atoms with van der Waals surface area (Å²) in [6.07, 6.45) is -5.49. The predicted molar refractivity (Wildman–Crippen MR) is 137 cm³/mol. The van der Waals surface area contributed by atoms with Gasteiger partial charge in [-0.2, -0.15) is 0 Å². The number of nitrogens with zero attached hydrogens (tertiary/aromatic N) is 2. The maximum atomic E-state index is 12.4. The van der Waals surface area contributed by atoms with Gasteiger partial charge >= 0.3 is 6.36 Å². The van der Waals surface area contributed by atoms with Crippen LogP contribution in [0, 0.1) is 0 Å². The Morgan fingerprint density at radius 3 is 1.90 bits per heavy atom. The van der Waals surface area contributed by atoms with Crippen LogP contribution in [0.1, 0.15) is 12.5 Å². The van der Waals surface area contributed by atoms with Gasteiger partial charge in [-0.1, -0.05) is 35.5 Å². The molecule has 1 fully saturated rings. The Morgan fingerprint density at radius 1 is 0.795 bits per heavy atom. The maximum absolute atomic E-state index is 12.4. The van der Waals surface area contributed by atoms with E-state index in [0.29, 0.717) is 17.0 Å². The Kier molecular flexibility index (Phi) is 9.18. The summed E-state index contributed by atoms with van der Waals surface area (Å²) in [5.41, 5.74) is 3.61. The summed E-state index contributed by atoms with van der Waals surface area (Å²) in [5, 5.41) is 4.08. The van der Waals surface area contributed by atoms with Gasteiger partial charge in [0.15, 0.2) is 6.10 Å². The number of alkyl halides is 3. The first-order valence-corrected chi connectivity index (χ1v) is 12.1. The molecule has 0 N–H and O–H groups in total. The van der Waals surface area contributed by atoms with Crippen molar-refractivity contribution < 1.29 is 41.7 Å². The van der Waals surface area contributed by atoms with Crippen LogP contribution in [0.25, 0.3) is 22.5 Å². The van der Waals surface area contributed by atoms with Crippen molar-refractivity contribution >= 4 is 6.21 Å². The van der Waals surface area contributed by atoms with Crippen LogP contribution in [-0.2, 0) is 23.8 Å². The monoisotopic (exact) mass is 546 g/mol. The van der Waals surface area contributed by atoms with Crippen LogP contribution in [0.15, 0.2) is 71.9 Å². The van der Waals surface area contributed by atoms with E-state index in [0.717, 1.165) is 11.1 Å². The van der Waals surface area contributed by atoms with Crippen LogP contribution in [0.4, 0.5) is 13.2 Å². The highest BCUT2D eigenvalue weighted by molar-refractivity contribution is 5.80. The molecule has 0 unspecified atom stereocenters. The van der Waals surface area contributed by atoms with Gasteiger partial charge in [0.2, 0.25) is 0 Å². The number of hydrogen-bond acceptors (Lipinski definition) is 8. The number of methoxy groups -OCH3 is 3. The van der Waals surface area contributed by atoms with Gasteiger partial charge in [-0.15, -0.1) is 13.2 Å². The van der Waals surface area contributed by atoms with Crippen LogP contribution in [0.3, 0.4) is 0 Å². The molecule has 0 aliphatic carbocycles. The van der Waals surface area contributed by atoms with Crippen LogP contribution >= 0.6 is 0 Å². The minimum absolute atomic E-state index is 0.288. The van der Waals surface area contributed by atoms with E-state index in [1.807, 2.05) is 43.3 Å². The average Bonchev–Trinajstić information content (AvgIpc) is 2.92. The Hall–Kier alpha value is -3.51. The maximum Gasteiger partial charge on any atom is 0.573 e. The molecule has 3 aromatic rings. The molecule has 1 saturated heterocycles. The van der Waals surface area contributed by atoms with Crippen LogP contribution in [-0.4, -0.2) is 69.6 Å². The Bertz CT molecular complexity index is 1240. The summed E-state index contributed by atoms with van der Waals surface area (Å²) in [5.74, 6) is -0.288. The quantitative estimate of drug-likeness (QED) is 0.261. The van der Waals surface area contributed by atoms with Crippen molar-refractivity contribution in [3.05, 3.63) is 72.3 Å². The molecule has 0 saturated carbocycles. The van der Waals surface area contributed by atoms with Gasteiger partial charge in [-0.3, -0.25) is 0 Å². The molecule has 1 aliphatic rings. The number of aromatic nitrogens is 1. The van der Waals surface area contributed by atoms with Crippen LogP contribution in [0.5, 0.6) is 5.75 Å². The highest BCUT2D eigenvalue weighted by atomic mass is 19.4. The third kappa shape index (κ3) is 7.12. The molecule has 0 radical (unpaired) electrons. The number of halogens is 3. The number of oxime groups is 1. The van der Waals surface area contributed by atoms with Crippen molar-refractivity contribution in [2.24, 2.45) is 5.16 Å². The summed E-state index contributed by atoms with van der Waals surface area (Å²) in [7, 11) is 4.71. The molecule has 5 atom stereocenters. The molecule has 1 aliphatic heterocycles. The predicted octanol–water partition coefficient (Wildman–Crippen LogP) is 5.45. The zero-order chi connectivity index (χ0) is 28.0. The number of hydrogen-bond donors (Lipinski definition) is 0. The molecule has 4 rings (SSSR count). The van der Waals surface area contributed by atoms with Crippen molar-refractivity contribution in [1.82, 2.24) is 4.98 Å². The second kappa shape index (κ2) is 12.6. The van der Waals surface area contributed by atoms with Crippen LogP contribution in [0.2, 0.25) is 0 Å². The molecule has 1 aromatic heterocycles. The number of ether oxygens (including phenoxy) is 5. The third-order valence-electron chi connectivity index (χ3n) is 6.25. The summed E-state index contributed by atoms with van der Waals surface area (Å²) in [6.45, 7) is 1.87. The SMILES string of the molecule is CO[C@@H]1[C@@H](OC)[C@H](C)O[C@@H](O/N=C/c2ccc(-c3cccc(-c4ccc(OC(F)(F)F)cc4)n3)cc2)[C@@H]1OC. The van der Waals surface area contributed by atoms with Gasteiger partial charge in [0.1, 0.15) is 18.0 Å². The van der Waals surface area contributed by atoms with Gasteiger partial charge in [-0.05, 0) is 48.9 Å². The Morgan fingerprint density at radius 2 is 1.36 bits per heavy atom. The van der Waals surface area contributed by atoms with Gasteiger partial charge in [0, 0.05) is 32.5 Å². The second-order valence-corrected chi connectivity index (χ2v) is 8.75. The number of benzene rings is 2. The zero-order valence-corrected chi connectivity index (χ0v) is 21.8. The van der Waals surface area contributed by atoms with E-state index in [2.05, 4.69) is 14.9 Å². The fourth-order valence-electron chi connectivity index (χ4n) is 4.37. The largest absolute Gasteiger partial charge is 0.573 e. The molecule has 208 valence electrons. The van der Waals surface area contributed by atoms with Gasteiger partial charge in [-0.25, -0.2) is 4.98 Å². The number of pyridine rings is 1. The molecule has 0 spiro atoms. The molecular weight excluding hydrogens is 517 g/mol. The number of rotatable bonds is 9. The minimum atomic E-state index is -4.74. The van der Waals surface area contributed by atoms with E-state index in [4.69, 9.17) is 23.8 Å². The van der Waals surface area contributed by atoms with Crippen molar-refractivity contribution in [2.45, 2.75) is 44.0 Å². The first kappa shape index (κ1) is 28.5. The third-order valence-corrected chi connectivity index (χ3v) is 6.25. The first-order valence-electron chi connectivity index (χ1n) is 12.1. The molecule has 0 bridgehead atoms. The molecule has 2 aromatic carbocycles. The summed E-state index contributed by atoms with van der Waals surface area (Å²) in [4.78, 5) is 10.3. The lowest BCUT2D eigenvalue weighted by Gasteiger charge is -2.42. The minimum Gasteiger partial charge on any atom is -0.406 e. The normalized spacial score (nSPS) is 23.6. The molecule has 8 nitrogen and oxygen atoms in total. The fraction of sp³-hybridized carbons (Fsp3) is 0.357. The zero-order valence-electron chi connectivity index (χ0n) is 21.8. The first-order chi connectivity index (χ1) is 18.7. The smallest absolute Gasteiger partial charge is 0.406 e. The molecule has 11 heteroatoms. The Balaban J connectivity index is 1.41. The lowest BCUT2D eigenvalue weighted by Crippen LogP contribution is -2.59. The van der Waals surface area contributed by atoms with E-state index in [9.17, 15) is 13.2 Å². The van der Waals surface area contributed by atoms with E-state index in [-0.39, 0.29) is 18.0 Å². The van der Waals surface area contributed by atoms with E-state index < -0.39 is 24.9 Å². The average molecular weight is 547 g/mol. The van der Waals surface area contributed by atoms with Gasteiger partial charge in [0.05, 0.1) is 23.7 Å². The summed E-state index contributed by atoms with van der Waals surface area (Å²) in [6, 6.07) is 18.5. The molecule has 39 heavy (non-hydrogen) atoms. The van der Waals surface area contributed by atoms with E-state index >= 15 is 0 Å². The highest BCUT2D eigenvalue weighted by Gasteiger charge is 2.46. The molecule has 2 heterocycles. The molecule has 0 amide bonds. The fourth-order valence-corrected chi connectivity index (χ4v) is 4.37. The van der Waals surface area contributed by atoms with E-state index in [1.54, 1.807) is 33.6 Å².